The summed E-state index contributed by atoms with van der Waals surface area (Å²) in [5, 5.41) is 9.41. The van der Waals surface area contributed by atoms with Gasteiger partial charge in [0.15, 0.2) is 6.29 Å². The van der Waals surface area contributed by atoms with Gasteiger partial charge in [-0.3, -0.25) is 0 Å². The highest BCUT2D eigenvalue weighted by atomic mass is 16.6. The van der Waals surface area contributed by atoms with E-state index in [0.717, 1.165) is 12.0 Å². The van der Waals surface area contributed by atoms with Gasteiger partial charge in [0.1, 0.15) is 12.2 Å². The fourth-order valence-corrected chi connectivity index (χ4v) is 4.47. The van der Waals surface area contributed by atoms with Crippen LogP contribution in [0.4, 0.5) is 0 Å². The fourth-order valence-electron chi connectivity index (χ4n) is 4.47. The number of fused-ring (bicyclic) bond motifs is 3. The van der Waals surface area contributed by atoms with Gasteiger partial charge >= 0.3 is 11.9 Å². The molecule has 0 amide bonds. The van der Waals surface area contributed by atoms with E-state index < -0.39 is 30.4 Å². The van der Waals surface area contributed by atoms with Crippen LogP contribution < -0.4 is 0 Å². The molecule has 138 valence electrons. The first-order chi connectivity index (χ1) is 12.4. The Hall–Kier alpha value is -2.18. The molecule has 6 heteroatoms. The molecule has 1 saturated heterocycles. The first kappa shape index (κ1) is 17.2. The molecule has 6 nitrogen and oxygen atoms in total. The number of hydrogen-bond acceptors (Lipinski definition) is 6. The lowest BCUT2D eigenvalue weighted by molar-refractivity contribution is -0.148. The molecule has 0 aromatic carbocycles. The molecule has 5 atom stereocenters. The molecule has 1 N–H and O–H groups in total. The van der Waals surface area contributed by atoms with Crippen LogP contribution in [0.5, 0.6) is 0 Å². The van der Waals surface area contributed by atoms with Crippen molar-refractivity contribution in [2.75, 3.05) is 6.61 Å². The number of aliphatic hydroxyl groups excluding tert-OH is 1. The van der Waals surface area contributed by atoms with E-state index in [4.69, 9.17) is 14.2 Å². The summed E-state index contributed by atoms with van der Waals surface area (Å²) in [6.45, 7) is 8.02. The summed E-state index contributed by atoms with van der Waals surface area (Å²) in [5.41, 5.74) is 4.24. The van der Waals surface area contributed by atoms with Crippen LogP contribution in [0.15, 0.2) is 46.6 Å². The SMILES string of the molecule is C=C1C(=O)O[C@@H]2[C@H]3C(C)=CCC3=C(C)C[C@@H](OC(=O)C3=C[C@H](O)OC3)[C@@H]12. The molecule has 26 heavy (non-hydrogen) atoms. The molecule has 0 spiro atoms. The highest BCUT2D eigenvalue weighted by Gasteiger charge is 2.52. The second-order valence-electron chi connectivity index (χ2n) is 7.40. The third-order valence-corrected chi connectivity index (χ3v) is 5.83. The molecule has 2 aliphatic heterocycles. The highest BCUT2D eigenvalue weighted by molar-refractivity contribution is 5.92. The summed E-state index contributed by atoms with van der Waals surface area (Å²) < 4.78 is 16.4. The lowest BCUT2D eigenvalue weighted by Gasteiger charge is -2.28. The Balaban J connectivity index is 1.66. The van der Waals surface area contributed by atoms with Crippen molar-refractivity contribution in [1.29, 1.82) is 0 Å². The van der Waals surface area contributed by atoms with Crippen molar-refractivity contribution in [2.45, 2.75) is 45.2 Å². The maximum atomic E-state index is 12.5. The number of ether oxygens (including phenoxy) is 3. The third kappa shape index (κ3) is 2.64. The standard InChI is InChI=1S/C20H22O6/c1-9-4-5-13-10(2)6-14(25-20(23)12-7-15(21)24-8-12)17-11(3)19(22)26-18(17)16(9)13/h4,7,14-18,21H,3,5-6,8H2,1-2H3/t14-,15-,16+,17-,18-/m1/s1. The van der Waals surface area contributed by atoms with Crippen molar-refractivity contribution >= 4 is 11.9 Å². The van der Waals surface area contributed by atoms with Gasteiger partial charge in [0.25, 0.3) is 0 Å². The van der Waals surface area contributed by atoms with E-state index in [2.05, 4.69) is 12.7 Å². The summed E-state index contributed by atoms with van der Waals surface area (Å²) in [7, 11) is 0. The smallest absolute Gasteiger partial charge is 0.336 e. The number of carbonyl (C=O) groups is 2. The Morgan fingerprint density at radius 2 is 2.15 bits per heavy atom. The monoisotopic (exact) mass is 358 g/mol. The van der Waals surface area contributed by atoms with Crippen LogP contribution >= 0.6 is 0 Å². The van der Waals surface area contributed by atoms with E-state index in [1.807, 2.05) is 13.8 Å². The molecule has 2 heterocycles. The quantitative estimate of drug-likeness (QED) is 0.462. The molecule has 2 aliphatic carbocycles. The van der Waals surface area contributed by atoms with Gasteiger partial charge in [0, 0.05) is 17.9 Å². The Labute approximate surface area is 151 Å². The Bertz CT molecular complexity index is 786. The molecule has 4 rings (SSSR count). The summed E-state index contributed by atoms with van der Waals surface area (Å²) >= 11 is 0. The first-order valence-electron chi connectivity index (χ1n) is 8.83. The van der Waals surface area contributed by atoms with Crippen molar-refractivity contribution < 1.29 is 28.9 Å². The van der Waals surface area contributed by atoms with Gasteiger partial charge in [-0.05, 0) is 26.3 Å². The zero-order valence-corrected chi connectivity index (χ0v) is 14.9. The van der Waals surface area contributed by atoms with Crippen molar-refractivity contribution in [3.8, 4) is 0 Å². The highest BCUT2D eigenvalue weighted by Crippen LogP contribution is 2.49. The summed E-state index contributed by atoms with van der Waals surface area (Å²) in [6.07, 6.45) is 2.88. The van der Waals surface area contributed by atoms with Crippen molar-refractivity contribution in [1.82, 2.24) is 0 Å². The lowest BCUT2D eigenvalue weighted by Crippen LogP contribution is -2.36. The van der Waals surface area contributed by atoms with Gasteiger partial charge in [-0.15, -0.1) is 0 Å². The van der Waals surface area contributed by atoms with E-state index in [1.165, 1.54) is 17.2 Å². The second kappa shape index (κ2) is 6.21. The van der Waals surface area contributed by atoms with Gasteiger partial charge in [-0.1, -0.05) is 29.4 Å². The molecule has 1 fully saturated rings. The number of esters is 2. The van der Waals surface area contributed by atoms with Gasteiger partial charge in [0.2, 0.25) is 0 Å². The van der Waals surface area contributed by atoms with Gasteiger partial charge in [0.05, 0.1) is 18.1 Å². The molecular weight excluding hydrogens is 336 g/mol. The Morgan fingerprint density at radius 3 is 2.85 bits per heavy atom. The van der Waals surface area contributed by atoms with Crippen molar-refractivity contribution in [3.63, 3.8) is 0 Å². The van der Waals surface area contributed by atoms with Crippen LogP contribution in [0, 0.1) is 11.8 Å². The molecule has 0 radical (unpaired) electrons. The molecule has 0 aromatic rings. The average molecular weight is 358 g/mol. The van der Waals surface area contributed by atoms with Gasteiger partial charge < -0.3 is 19.3 Å². The second-order valence-corrected chi connectivity index (χ2v) is 7.40. The molecule has 0 bridgehead atoms. The number of rotatable bonds is 2. The minimum atomic E-state index is -1.08. The van der Waals surface area contributed by atoms with E-state index in [-0.39, 0.29) is 24.0 Å². The van der Waals surface area contributed by atoms with E-state index in [0.29, 0.717) is 12.0 Å². The number of allylic oxidation sites excluding steroid dienone is 1. The van der Waals surface area contributed by atoms with Crippen LogP contribution in [0.25, 0.3) is 0 Å². The number of carbonyl (C=O) groups excluding carboxylic acids is 2. The first-order valence-corrected chi connectivity index (χ1v) is 8.83. The van der Waals surface area contributed by atoms with Gasteiger partial charge in [-0.2, -0.15) is 0 Å². The van der Waals surface area contributed by atoms with Gasteiger partial charge in [-0.25, -0.2) is 9.59 Å². The molecule has 0 unspecified atom stereocenters. The topological polar surface area (TPSA) is 82.1 Å². The van der Waals surface area contributed by atoms with Crippen LogP contribution in [0.2, 0.25) is 0 Å². The predicted molar refractivity (Wildman–Crippen MR) is 91.6 cm³/mol. The predicted octanol–water partition coefficient (Wildman–Crippen LogP) is 1.96. The Morgan fingerprint density at radius 1 is 1.38 bits per heavy atom. The van der Waals surface area contributed by atoms with Crippen LogP contribution in [-0.2, 0) is 23.8 Å². The van der Waals surface area contributed by atoms with E-state index in [9.17, 15) is 14.7 Å². The molecule has 4 aliphatic rings. The van der Waals surface area contributed by atoms with Crippen LogP contribution in [0.1, 0.15) is 26.7 Å². The maximum absolute atomic E-state index is 12.5. The fraction of sp³-hybridized carbons (Fsp3) is 0.500. The van der Waals surface area contributed by atoms with Crippen LogP contribution in [-0.4, -0.2) is 42.1 Å². The third-order valence-electron chi connectivity index (χ3n) is 5.83. The number of aliphatic hydroxyl groups is 1. The Kier molecular flexibility index (Phi) is 4.12. The normalized spacial score (nSPS) is 36.2. The minimum absolute atomic E-state index is 0.0156. The van der Waals surface area contributed by atoms with E-state index in [1.54, 1.807) is 0 Å². The largest absolute Gasteiger partial charge is 0.458 e. The zero-order chi connectivity index (χ0) is 18.6. The van der Waals surface area contributed by atoms with E-state index >= 15 is 0 Å². The maximum Gasteiger partial charge on any atom is 0.336 e. The molecular formula is C20H22O6. The van der Waals surface area contributed by atoms with Crippen LogP contribution in [0.3, 0.4) is 0 Å². The van der Waals surface area contributed by atoms with Crippen molar-refractivity contribution in [2.24, 2.45) is 11.8 Å². The minimum Gasteiger partial charge on any atom is -0.458 e. The summed E-state index contributed by atoms with van der Waals surface area (Å²) in [5.74, 6) is -1.30. The van der Waals surface area contributed by atoms with Crippen molar-refractivity contribution in [3.05, 3.63) is 46.6 Å². The zero-order valence-electron chi connectivity index (χ0n) is 14.9. The summed E-state index contributed by atoms with van der Waals surface area (Å²) in [6, 6.07) is 0. The number of hydrogen-bond donors (Lipinski definition) is 1. The molecule has 0 saturated carbocycles. The summed E-state index contributed by atoms with van der Waals surface area (Å²) in [4.78, 5) is 24.7. The average Bonchev–Trinajstić information content (AvgIpc) is 3.23. The molecule has 0 aromatic heterocycles. The lowest BCUT2D eigenvalue weighted by atomic mass is 9.82.